The number of rotatable bonds is 5. The quantitative estimate of drug-likeness (QED) is 0.789. The fourth-order valence-electron chi connectivity index (χ4n) is 3.93. The zero-order valence-electron chi connectivity index (χ0n) is 13.4. The molecule has 2 nitrogen and oxygen atoms in total. The van der Waals surface area contributed by atoms with Crippen LogP contribution in [-0.2, 0) is 6.54 Å². The van der Waals surface area contributed by atoms with Gasteiger partial charge < -0.3 is 0 Å². The van der Waals surface area contributed by atoms with Gasteiger partial charge in [0.15, 0.2) is 0 Å². The van der Waals surface area contributed by atoms with Crippen LogP contribution in [0.5, 0.6) is 0 Å². The Labute approximate surface area is 133 Å². The third kappa shape index (κ3) is 3.17. The van der Waals surface area contributed by atoms with E-state index in [1.165, 1.54) is 68.0 Å². The lowest BCUT2D eigenvalue weighted by molar-refractivity contribution is 0.142. The summed E-state index contributed by atoms with van der Waals surface area (Å²) >= 11 is 0. The second-order valence-corrected chi connectivity index (χ2v) is 7.16. The van der Waals surface area contributed by atoms with E-state index >= 15 is 0 Å². The molecule has 1 aromatic heterocycles. The Morgan fingerprint density at radius 3 is 2.59 bits per heavy atom. The normalized spacial score (nSPS) is 19.9. The van der Waals surface area contributed by atoms with Gasteiger partial charge in [-0.05, 0) is 43.2 Å². The summed E-state index contributed by atoms with van der Waals surface area (Å²) in [6.45, 7) is 2.38. The molecule has 0 aliphatic heterocycles. The summed E-state index contributed by atoms with van der Waals surface area (Å²) in [4.78, 5) is 7.43. The molecular formula is C20H26N2. The largest absolute Gasteiger partial charge is 0.296 e. The average Bonchev–Trinajstić information content (AvgIpc) is 3.39. The number of nitrogens with zero attached hydrogens (tertiary/aromatic N) is 2. The average molecular weight is 294 g/mol. The van der Waals surface area contributed by atoms with Gasteiger partial charge in [0.2, 0.25) is 0 Å². The van der Waals surface area contributed by atoms with Gasteiger partial charge in [-0.1, -0.05) is 43.5 Å². The monoisotopic (exact) mass is 294 g/mol. The van der Waals surface area contributed by atoms with Crippen molar-refractivity contribution in [3.63, 3.8) is 0 Å². The lowest BCUT2D eigenvalue weighted by atomic mass is 9.93. The van der Waals surface area contributed by atoms with Crippen LogP contribution in [0.3, 0.4) is 0 Å². The van der Waals surface area contributed by atoms with Crippen LogP contribution in [0, 0.1) is 5.92 Å². The lowest BCUT2D eigenvalue weighted by Crippen LogP contribution is -2.37. The van der Waals surface area contributed by atoms with E-state index in [0.29, 0.717) is 0 Å². The van der Waals surface area contributed by atoms with E-state index in [2.05, 4.69) is 34.1 Å². The topological polar surface area (TPSA) is 16.1 Å². The molecule has 116 valence electrons. The van der Waals surface area contributed by atoms with Gasteiger partial charge in [-0.3, -0.25) is 9.88 Å². The molecule has 0 unspecified atom stereocenters. The van der Waals surface area contributed by atoms with Crippen molar-refractivity contribution in [2.75, 3.05) is 6.54 Å². The molecule has 4 rings (SSSR count). The van der Waals surface area contributed by atoms with Crippen LogP contribution in [-0.4, -0.2) is 22.5 Å². The van der Waals surface area contributed by atoms with Gasteiger partial charge in [-0.2, -0.15) is 0 Å². The molecule has 2 aromatic rings. The third-order valence-corrected chi connectivity index (χ3v) is 5.37. The van der Waals surface area contributed by atoms with Crippen LogP contribution in [0.25, 0.3) is 10.9 Å². The molecule has 0 amide bonds. The van der Waals surface area contributed by atoms with Gasteiger partial charge >= 0.3 is 0 Å². The molecule has 0 N–H and O–H groups in total. The highest BCUT2D eigenvalue weighted by atomic mass is 15.2. The summed E-state index contributed by atoms with van der Waals surface area (Å²) in [5.41, 5.74) is 2.60. The Balaban J connectivity index is 1.58. The van der Waals surface area contributed by atoms with Crippen LogP contribution < -0.4 is 0 Å². The maximum Gasteiger partial charge on any atom is 0.0746 e. The Hall–Kier alpha value is -1.41. The van der Waals surface area contributed by atoms with Gasteiger partial charge in [0, 0.05) is 30.7 Å². The van der Waals surface area contributed by atoms with Crippen molar-refractivity contribution in [3.8, 4) is 0 Å². The van der Waals surface area contributed by atoms with E-state index < -0.39 is 0 Å². The third-order valence-electron chi connectivity index (χ3n) is 5.37. The summed E-state index contributed by atoms with van der Waals surface area (Å²) in [6, 6.07) is 11.7. The van der Waals surface area contributed by atoms with Gasteiger partial charge in [-0.15, -0.1) is 0 Å². The van der Waals surface area contributed by atoms with E-state index in [9.17, 15) is 0 Å². The number of para-hydroxylation sites is 1. The minimum Gasteiger partial charge on any atom is -0.296 e. The van der Waals surface area contributed by atoms with Gasteiger partial charge in [-0.25, -0.2) is 0 Å². The van der Waals surface area contributed by atoms with Crippen molar-refractivity contribution in [1.82, 2.24) is 9.88 Å². The van der Waals surface area contributed by atoms with E-state index in [0.717, 1.165) is 18.5 Å². The summed E-state index contributed by atoms with van der Waals surface area (Å²) in [7, 11) is 0. The molecule has 2 fully saturated rings. The summed E-state index contributed by atoms with van der Waals surface area (Å²) in [5, 5.41) is 1.27. The number of hydrogen-bond donors (Lipinski definition) is 0. The van der Waals surface area contributed by atoms with Crippen molar-refractivity contribution in [2.24, 2.45) is 5.92 Å². The van der Waals surface area contributed by atoms with E-state index in [4.69, 9.17) is 0 Å². The maximum absolute atomic E-state index is 4.65. The van der Waals surface area contributed by atoms with Crippen molar-refractivity contribution in [1.29, 1.82) is 0 Å². The standard InChI is InChI=1S/C20H26N2/c1-2-9-19(10-3-1)22(14-16-11-12-16)15-18-7-4-6-17-8-5-13-21-20(17)18/h4-8,13,16,19H,1-3,9-12,14-15H2. The number of aromatic nitrogens is 1. The molecule has 0 saturated heterocycles. The first-order valence-corrected chi connectivity index (χ1v) is 8.97. The zero-order chi connectivity index (χ0) is 14.8. The first-order valence-electron chi connectivity index (χ1n) is 8.97. The minimum absolute atomic E-state index is 0.799. The van der Waals surface area contributed by atoms with E-state index in [1.54, 1.807) is 0 Å². The molecule has 2 saturated carbocycles. The fraction of sp³-hybridized carbons (Fsp3) is 0.550. The van der Waals surface area contributed by atoms with Crippen molar-refractivity contribution in [2.45, 2.75) is 57.5 Å². The molecule has 2 aliphatic carbocycles. The van der Waals surface area contributed by atoms with Gasteiger partial charge in [0.1, 0.15) is 0 Å². The minimum atomic E-state index is 0.799. The highest BCUT2D eigenvalue weighted by Crippen LogP contribution is 2.33. The van der Waals surface area contributed by atoms with E-state index in [-0.39, 0.29) is 0 Å². The second kappa shape index (κ2) is 6.37. The van der Waals surface area contributed by atoms with Crippen LogP contribution in [0.2, 0.25) is 0 Å². The van der Waals surface area contributed by atoms with E-state index in [1.807, 2.05) is 12.3 Å². The Bertz CT molecular complexity index is 621. The molecule has 0 atom stereocenters. The van der Waals surface area contributed by atoms with Crippen molar-refractivity contribution >= 4 is 10.9 Å². The molecule has 0 radical (unpaired) electrons. The molecule has 2 aliphatic rings. The molecule has 1 heterocycles. The fourth-order valence-corrected chi connectivity index (χ4v) is 3.93. The SMILES string of the molecule is c1cnc2c(CN(CC3CC3)C3CCCCC3)cccc2c1. The molecular weight excluding hydrogens is 268 g/mol. The number of benzene rings is 1. The first-order chi connectivity index (χ1) is 10.9. The van der Waals surface area contributed by atoms with Crippen LogP contribution in [0.1, 0.15) is 50.5 Å². The van der Waals surface area contributed by atoms with Crippen molar-refractivity contribution in [3.05, 3.63) is 42.1 Å². The van der Waals surface area contributed by atoms with Gasteiger partial charge in [0.05, 0.1) is 5.52 Å². The predicted octanol–water partition coefficient (Wildman–Crippen LogP) is 4.78. The van der Waals surface area contributed by atoms with Gasteiger partial charge in [0.25, 0.3) is 0 Å². The Morgan fingerprint density at radius 2 is 1.77 bits per heavy atom. The van der Waals surface area contributed by atoms with Crippen LogP contribution >= 0.6 is 0 Å². The number of fused-ring (bicyclic) bond motifs is 1. The number of pyridine rings is 1. The molecule has 0 spiro atoms. The second-order valence-electron chi connectivity index (χ2n) is 7.16. The Morgan fingerprint density at radius 1 is 0.955 bits per heavy atom. The smallest absolute Gasteiger partial charge is 0.0746 e. The maximum atomic E-state index is 4.65. The van der Waals surface area contributed by atoms with Crippen LogP contribution in [0.15, 0.2) is 36.5 Å². The molecule has 22 heavy (non-hydrogen) atoms. The molecule has 2 heteroatoms. The predicted molar refractivity (Wildman–Crippen MR) is 91.8 cm³/mol. The summed E-state index contributed by atoms with van der Waals surface area (Å²) in [5.74, 6) is 0.963. The summed E-state index contributed by atoms with van der Waals surface area (Å²) < 4.78 is 0. The number of hydrogen-bond acceptors (Lipinski definition) is 2. The highest BCUT2D eigenvalue weighted by Gasteiger charge is 2.29. The highest BCUT2D eigenvalue weighted by molar-refractivity contribution is 5.81. The Kier molecular flexibility index (Phi) is 4.11. The first kappa shape index (κ1) is 14.2. The molecule has 0 bridgehead atoms. The van der Waals surface area contributed by atoms with Crippen LogP contribution in [0.4, 0.5) is 0 Å². The zero-order valence-corrected chi connectivity index (χ0v) is 13.4. The molecule has 1 aromatic carbocycles. The van der Waals surface area contributed by atoms with Crippen molar-refractivity contribution < 1.29 is 0 Å². The lowest BCUT2D eigenvalue weighted by Gasteiger charge is -2.34. The summed E-state index contributed by atoms with van der Waals surface area (Å²) in [6.07, 6.45) is 11.9.